The Labute approximate surface area is 127 Å². The van der Waals surface area contributed by atoms with Gasteiger partial charge in [-0.1, -0.05) is 18.2 Å². The fourth-order valence-corrected chi connectivity index (χ4v) is 3.82. The lowest BCUT2D eigenvalue weighted by molar-refractivity contribution is -0.0852. The van der Waals surface area contributed by atoms with E-state index in [0.717, 1.165) is 25.7 Å². The summed E-state index contributed by atoms with van der Waals surface area (Å²) in [6, 6.07) is 9.02. The molecule has 3 heteroatoms. The first-order chi connectivity index (χ1) is 10.1. The minimum atomic E-state index is -0.195. The van der Waals surface area contributed by atoms with E-state index < -0.39 is 0 Å². The molecule has 1 fully saturated rings. The molecule has 2 aliphatic rings. The molecule has 3 rings (SSSR count). The van der Waals surface area contributed by atoms with Crippen LogP contribution in [0.1, 0.15) is 57.6 Å². The number of ether oxygens (including phenoxy) is 1. The lowest BCUT2D eigenvalue weighted by atomic mass is 9.77. The molecule has 1 aromatic carbocycles. The maximum atomic E-state index is 9.46. The van der Waals surface area contributed by atoms with Crippen molar-refractivity contribution in [3.8, 4) is 0 Å². The van der Waals surface area contributed by atoms with Crippen molar-refractivity contribution in [1.82, 2.24) is 0 Å². The molecule has 0 aliphatic carbocycles. The SMILES string of the molecule is CC(O)CCCC1Nc2ccccc2C2OC(C)CCC12. The zero-order valence-electron chi connectivity index (χ0n) is 13.1. The minimum absolute atomic E-state index is 0.195. The highest BCUT2D eigenvalue weighted by Crippen LogP contribution is 2.46. The van der Waals surface area contributed by atoms with Crippen LogP contribution in [0.4, 0.5) is 5.69 Å². The van der Waals surface area contributed by atoms with Gasteiger partial charge in [-0.05, 0) is 52.0 Å². The molecule has 5 unspecified atom stereocenters. The van der Waals surface area contributed by atoms with Crippen molar-refractivity contribution < 1.29 is 9.84 Å². The van der Waals surface area contributed by atoms with E-state index in [2.05, 4.69) is 36.5 Å². The largest absolute Gasteiger partial charge is 0.393 e. The van der Waals surface area contributed by atoms with Gasteiger partial charge in [-0.3, -0.25) is 0 Å². The van der Waals surface area contributed by atoms with E-state index in [-0.39, 0.29) is 12.2 Å². The second kappa shape index (κ2) is 6.37. The lowest BCUT2D eigenvalue weighted by Gasteiger charge is -2.45. The normalized spacial score (nSPS) is 32.7. The van der Waals surface area contributed by atoms with Crippen molar-refractivity contribution in [1.29, 1.82) is 0 Å². The second-order valence-electron chi connectivity index (χ2n) is 6.73. The van der Waals surface area contributed by atoms with Gasteiger partial charge in [-0.15, -0.1) is 0 Å². The molecule has 0 saturated carbocycles. The van der Waals surface area contributed by atoms with E-state index in [1.54, 1.807) is 0 Å². The number of aliphatic hydroxyl groups is 1. The Kier molecular flexibility index (Phi) is 4.51. The van der Waals surface area contributed by atoms with E-state index in [9.17, 15) is 5.11 Å². The summed E-state index contributed by atoms with van der Waals surface area (Å²) in [7, 11) is 0. The standard InChI is InChI=1S/C18H27NO2/c1-12(20)6-5-9-17-15-11-10-13(2)21-18(15)14-7-3-4-8-16(14)19-17/h3-4,7-8,12-13,15,17-20H,5-6,9-11H2,1-2H3. The molecule has 0 amide bonds. The third kappa shape index (κ3) is 3.24. The number of anilines is 1. The molecule has 1 saturated heterocycles. The molecule has 2 N–H and O–H groups in total. The molecule has 0 spiro atoms. The van der Waals surface area contributed by atoms with E-state index in [4.69, 9.17) is 4.74 Å². The lowest BCUT2D eigenvalue weighted by Crippen LogP contribution is -2.43. The second-order valence-corrected chi connectivity index (χ2v) is 6.73. The predicted octanol–water partition coefficient (Wildman–Crippen LogP) is 3.89. The van der Waals surface area contributed by atoms with Gasteiger partial charge in [0.05, 0.1) is 18.3 Å². The minimum Gasteiger partial charge on any atom is -0.393 e. The summed E-state index contributed by atoms with van der Waals surface area (Å²) in [5, 5.41) is 13.2. The summed E-state index contributed by atoms with van der Waals surface area (Å²) >= 11 is 0. The van der Waals surface area contributed by atoms with Crippen molar-refractivity contribution in [2.24, 2.45) is 5.92 Å². The van der Waals surface area contributed by atoms with Crippen LogP contribution in [-0.4, -0.2) is 23.4 Å². The first kappa shape index (κ1) is 14.9. The van der Waals surface area contributed by atoms with Gasteiger partial charge in [0.25, 0.3) is 0 Å². The van der Waals surface area contributed by atoms with Crippen molar-refractivity contribution in [2.75, 3.05) is 5.32 Å². The Morgan fingerprint density at radius 3 is 2.95 bits per heavy atom. The van der Waals surface area contributed by atoms with Gasteiger partial charge < -0.3 is 15.2 Å². The van der Waals surface area contributed by atoms with Crippen molar-refractivity contribution >= 4 is 5.69 Å². The van der Waals surface area contributed by atoms with Crippen molar-refractivity contribution in [3.63, 3.8) is 0 Å². The Morgan fingerprint density at radius 1 is 1.33 bits per heavy atom. The molecule has 2 heterocycles. The number of rotatable bonds is 4. The van der Waals surface area contributed by atoms with Gasteiger partial charge in [-0.2, -0.15) is 0 Å². The number of para-hydroxylation sites is 1. The molecule has 0 bridgehead atoms. The topological polar surface area (TPSA) is 41.5 Å². The maximum Gasteiger partial charge on any atom is 0.0896 e. The van der Waals surface area contributed by atoms with E-state index >= 15 is 0 Å². The molecule has 1 aromatic rings. The van der Waals surface area contributed by atoms with Gasteiger partial charge in [-0.25, -0.2) is 0 Å². The maximum absolute atomic E-state index is 9.46. The first-order valence-corrected chi connectivity index (χ1v) is 8.34. The van der Waals surface area contributed by atoms with Gasteiger partial charge in [0.2, 0.25) is 0 Å². The number of benzene rings is 1. The highest BCUT2D eigenvalue weighted by Gasteiger charge is 2.40. The van der Waals surface area contributed by atoms with Crippen LogP contribution < -0.4 is 5.32 Å². The summed E-state index contributed by atoms with van der Waals surface area (Å²) in [5.74, 6) is 0.560. The van der Waals surface area contributed by atoms with E-state index in [1.165, 1.54) is 17.7 Å². The van der Waals surface area contributed by atoms with Crippen LogP contribution in [0.2, 0.25) is 0 Å². The molecule has 0 aromatic heterocycles. The summed E-state index contributed by atoms with van der Waals surface area (Å²) in [4.78, 5) is 0. The smallest absolute Gasteiger partial charge is 0.0896 e. The van der Waals surface area contributed by atoms with Gasteiger partial charge in [0.1, 0.15) is 0 Å². The molecule has 2 aliphatic heterocycles. The van der Waals surface area contributed by atoms with Crippen LogP contribution in [0.5, 0.6) is 0 Å². The zero-order chi connectivity index (χ0) is 14.8. The Morgan fingerprint density at radius 2 is 2.14 bits per heavy atom. The number of nitrogens with one attached hydrogen (secondary N) is 1. The van der Waals surface area contributed by atoms with Crippen molar-refractivity contribution in [2.45, 2.75) is 70.3 Å². The van der Waals surface area contributed by atoms with Crippen LogP contribution in [0.15, 0.2) is 24.3 Å². The molecule has 5 atom stereocenters. The average Bonchev–Trinajstić information content (AvgIpc) is 2.46. The monoisotopic (exact) mass is 289 g/mol. The first-order valence-electron chi connectivity index (χ1n) is 8.34. The molecule has 0 radical (unpaired) electrons. The number of aliphatic hydroxyl groups excluding tert-OH is 1. The zero-order valence-corrected chi connectivity index (χ0v) is 13.1. The number of hydrogen-bond acceptors (Lipinski definition) is 3. The molecule has 3 nitrogen and oxygen atoms in total. The highest BCUT2D eigenvalue weighted by molar-refractivity contribution is 5.55. The summed E-state index contributed by atoms with van der Waals surface area (Å²) in [6.45, 7) is 4.06. The van der Waals surface area contributed by atoms with Crippen LogP contribution >= 0.6 is 0 Å². The molecule has 21 heavy (non-hydrogen) atoms. The number of hydrogen-bond donors (Lipinski definition) is 2. The quantitative estimate of drug-likeness (QED) is 0.883. The van der Waals surface area contributed by atoms with Gasteiger partial charge >= 0.3 is 0 Å². The summed E-state index contributed by atoms with van der Waals surface area (Å²) in [5.41, 5.74) is 2.55. The van der Waals surface area contributed by atoms with Crippen LogP contribution in [-0.2, 0) is 4.74 Å². The van der Waals surface area contributed by atoms with Crippen molar-refractivity contribution in [3.05, 3.63) is 29.8 Å². The Balaban J connectivity index is 1.77. The van der Waals surface area contributed by atoms with Gasteiger partial charge in [0, 0.05) is 23.2 Å². The van der Waals surface area contributed by atoms with Crippen LogP contribution in [0.25, 0.3) is 0 Å². The van der Waals surface area contributed by atoms with E-state index in [1.807, 2.05) is 6.92 Å². The number of fused-ring (bicyclic) bond motifs is 3. The third-order valence-electron chi connectivity index (χ3n) is 4.94. The molecular weight excluding hydrogens is 262 g/mol. The fraction of sp³-hybridized carbons (Fsp3) is 0.667. The average molecular weight is 289 g/mol. The predicted molar refractivity (Wildman–Crippen MR) is 85.4 cm³/mol. The van der Waals surface area contributed by atoms with Gasteiger partial charge in [0.15, 0.2) is 0 Å². The Bertz CT molecular complexity index is 474. The van der Waals surface area contributed by atoms with Crippen LogP contribution in [0, 0.1) is 5.92 Å². The molecule has 116 valence electrons. The van der Waals surface area contributed by atoms with E-state index in [0.29, 0.717) is 18.1 Å². The highest BCUT2D eigenvalue weighted by atomic mass is 16.5. The fourth-order valence-electron chi connectivity index (χ4n) is 3.82. The molecular formula is C18H27NO2. The summed E-state index contributed by atoms with van der Waals surface area (Å²) in [6.07, 6.45) is 5.84. The third-order valence-corrected chi connectivity index (χ3v) is 4.94. The summed E-state index contributed by atoms with van der Waals surface area (Å²) < 4.78 is 6.28. The van der Waals surface area contributed by atoms with Crippen LogP contribution in [0.3, 0.4) is 0 Å². The Hall–Kier alpha value is -1.06.